The summed E-state index contributed by atoms with van der Waals surface area (Å²) in [7, 11) is 0. The molecule has 1 aromatic heterocycles. The zero-order chi connectivity index (χ0) is 11.3. The fourth-order valence-corrected chi connectivity index (χ4v) is 1.19. The molecule has 15 heavy (non-hydrogen) atoms. The Morgan fingerprint density at radius 3 is 2.87 bits per heavy atom. The summed E-state index contributed by atoms with van der Waals surface area (Å²) in [5.74, 6) is 0.725. The van der Waals surface area contributed by atoms with E-state index in [-0.39, 0.29) is 5.91 Å². The fraction of sp³-hybridized carbons (Fsp3) is 0.545. The number of nitrogens with two attached hydrogens (primary N) is 1. The fourth-order valence-electron chi connectivity index (χ4n) is 1.19. The molecule has 84 valence electrons. The van der Waals surface area contributed by atoms with Crippen LogP contribution in [0.4, 0.5) is 0 Å². The Bertz CT molecular complexity index is 302. The molecule has 4 heteroatoms. The molecule has 0 aromatic carbocycles. The van der Waals surface area contributed by atoms with Crippen LogP contribution in [0, 0.1) is 5.41 Å². The van der Waals surface area contributed by atoms with Gasteiger partial charge in [-0.15, -0.1) is 0 Å². The van der Waals surface area contributed by atoms with Crippen LogP contribution >= 0.6 is 0 Å². The van der Waals surface area contributed by atoms with Gasteiger partial charge in [0.15, 0.2) is 0 Å². The number of hydrogen-bond acceptors (Lipinski definition) is 3. The molecular formula is C11H18N2O2. The van der Waals surface area contributed by atoms with E-state index in [1.165, 1.54) is 0 Å². The molecule has 3 N–H and O–H groups in total. The molecule has 1 amide bonds. The standard InChI is InChI=1S/C11H18N2O2/c1-3-11(2,8-12)10(14)13-7-9-5-4-6-15-9/h4-6H,3,7-8,12H2,1-2H3,(H,13,14). The largest absolute Gasteiger partial charge is 0.467 e. The van der Waals surface area contributed by atoms with Crippen LogP contribution in [0.25, 0.3) is 0 Å². The molecule has 0 spiro atoms. The normalized spacial score (nSPS) is 14.6. The van der Waals surface area contributed by atoms with E-state index >= 15 is 0 Å². The number of nitrogens with one attached hydrogen (secondary N) is 1. The summed E-state index contributed by atoms with van der Waals surface area (Å²) in [6.07, 6.45) is 2.32. The van der Waals surface area contributed by atoms with Gasteiger partial charge in [0.25, 0.3) is 0 Å². The van der Waals surface area contributed by atoms with E-state index in [9.17, 15) is 4.79 Å². The molecule has 0 bridgehead atoms. The number of hydrogen-bond donors (Lipinski definition) is 2. The minimum Gasteiger partial charge on any atom is -0.467 e. The first-order valence-corrected chi connectivity index (χ1v) is 5.13. The van der Waals surface area contributed by atoms with Crippen LogP contribution in [-0.2, 0) is 11.3 Å². The van der Waals surface area contributed by atoms with E-state index in [1.807, 2.05) is 19.9 Å². The molecule has 0 radical (unpaired) electrons. The summed E-state index contributed by atoms with van der Waals surface area (Å²) in [6, 6.07) is 3.62. The van der Waals surface area contributed by atoms with Crippen molar-refractivity contribution >= 4 is 5.91 Å². The molecule has 1 unspecified atom stereocenters. The number of rotatable bonds is 5. The highest BCUT2D eigenvalue weighted by Gasteiger charge is 2.29. The van der Waals surface area contributed by atoms with Crippen molar-refractivity contribution in [3.05, 3.63) is 24.2 Å². The van der Waals surface area contributed by atoms with E-state index in [0.29, 0.717) is 13.1 Å². The van der Waals surface area contributed by atoms with Gasteiger partial charge in [-0.2, -0.15) is 0 Å². The van der Waals surface area contributed by atoms with Crippen LogP contribution in [0.15, 0.2) is 22.8 Å². The summed E-state index contributed by atoms with van der Waals surface area (Å²) in [4.78, 5) is 11.8. The monoisotopic (exact) mass is 210 g/mol. The van der Waals surface area contributed by atoms with Gasteiger partial charge in [0.2, 0.25) is 5.91 Å². The minimum atomic E-state index is -0.480. The van der Waals surface area contributed by atoms with E-state index in [1.54, 1.807) is 12.3 Å². The van der Waals surface area contributed by atoms with Crippen molar-refractivity contribution in [2.45, 2.75) is 26.8 Å². The SMILES string of the molecule is CCC(C)(CN)C(=O)NCc1ccco1. The summed E-state index contributed by atoms with van der Waals surface area (Å²) >= 11 is 0. The highest BCUT2D eigenvalue weighted by Crippen LogP contribution is 2.19. The van der Waals surface area contributed by atoms with Gasteiger partial charge in [-0.3, -0.25) is 4.79 Å². The lowest BCUT2D eigenvalue weighted by atomic mass is 9.87. The molecule has 1 atom stereocenters. The van der Waals surface area contributed by atoms with Crippen LogP contribution in [0.1, 0.15) is 26.0 Å². The average Bonchev–Trinajstić information content (AvgIpc) is 2.77. The maximum absolute atomic E-state index is 11.8. The minimum absolute atomic E-state index is 0.0242. The number of furan rings is 1. The van der Waals surface area contributed by atoms with Crippen molar-refractivity contribution in [3.8, 4) is 0 Å². The Morgan fingerprint density at radius 1 is 1.67 bits per heavy atom. The lowest BCUT2D eigenvalue weighted by Gasteiger charge is -2.24. The van der Waals surface area contributed by atoms with Gasteiger partial charge in [-0.1, -0.05) is 6.92 Å². The molecular weight excluding hydrogens is 192 g/mol. The average molecular weight is 210 g/mol. The molecule has 0 fully saturated rings. The van der Waals surface area contributed by atoms with E-state index in [0.717, 1.165) is 12.2 Å². The van der Waals surface area contributed by atoms with Crippen LogP contribution in [0.5, 0.6) is 0 Å². The first-order valence-electron chi connectivity index (χ1n) is 5.13. The van der Waals surface area contributed by atoms with Gasteiger partial charge in [0.05, 0.1) is 18.2 Å². The van der Waals surface area contributed by atoms with Crippen LogP contribution in [-0.4, -0.2) is 12.5 Å². The quantitative estimate of drug-likeness (QED) is 0.769. The third-order valence-electron chi connectivity index (χ3n) is 2.78. The van der Waals surface area contributed by atoms with Gasteiger partial charge in [-0.05, 0) is 25.5 Å². The Balaban J connectivity index is 2.48. The van der Waals surface area contributed by atoms with E-state index < -0.39 is 5.41 Å². The van der Waals surface area contributed by atoms with Crippen LogP contribution in [0.2, 0.25) is 0 Å². The second kappa shape index (κ2) is 4.98. The number of carbonyl (C=O) groups is 1. The summed E-state index contributed by atoms with van der Waals surface area (Å²) in [5.41, 5.74) is 5.10. The van der Waals surface area contributed by atoms with Gasteiger partial charge in [0, 0.05) is 6.54 Å². The van der Waals surface area contributed by atoms with Crippen LogP contribution in [0.3, 0.4) is 0 Å². The third-order valence-corrected chi connectivity index (χ3v) is 2.78. The van der Waals surface area contributed by atoms with Crippen molar-refractivity contribution in [1.82, 2.24) is 5.32 Å². The zero-order valence-corrected chi connectivity index (χ0v) is 9.25. The first-order chi connectivity index (χ1) is 7.12. The first kappa shape index (κ1) is 11.8. The Hall–Kier alpha value is -1.29. The topological polar surface area (TPSA) is 68.3 Å². The van der Waals surface area contributed by atoms with Gasteiger partial charge in [-0.25, -0.2) is 0 Å². The van der Waals surface area contributed by atoms with Crippen molar-refractivity contribution in [2.24, 2.45) is 11.1 Å². The smallest absolute Gasteiger partial charge is 0.227 e. The van der Waals surface area contributed by atoms with Gasteiger partial charge in [0.1, 0.15) is 5.76 Å². The number of carbonyl (C=O) groups excluding carboxylic acids is 1. The van der Waals surface area contributed by atoms with Crippen molar-refractivity contribution in [3.63, 3.8) is 0 Å². The molecule has 0 saturated heterocycles. The predicted molar refractivity (Wildman–Crippen MR) is 58.0 cm³/mol. The highest BCUT2D eigenvalue weighted by molar-refractivity contribution is 5.82. The van der Waals surface area contributed by atoms with Gasteiger partial charge >= 0.3 is 0 Å². The summed E-state index contributed by atoms with van der Waals surface area (Å²) < 4.78 is 5.12. The second-order valence-corrected chi connectivity index (χ2v) is 3.88. The second-order valence-electron chi connectivity index (χ2n) is 3.88. The Labute approximate surface area is 89.8 Å². The Morgan fingerprint density at radius 2 is 2.40 bits per heavy atom. The summed E-state index contributed by atoms with van der Waals surface area (Å²) in [6.45, 7) is 4.60. The van der Waals surface area contributed by atoms with Crippen molar-refractivity contribution in [1.29, 1.82) is 0 Å². The Kier molecular flexibility index (Phi) is 3.91. The van der Waals surface area contributed by atoms with E-state index in [4.69, 9.17) is 10.2 Å². The lowest BCUT2D eigenvalue weighted by molar-refractivity contribution is -0.130. The maximum Gasteiger partial charge on any atom is 0.227 e. The third kappa shape index (κ3) is 2.83. The molecule has 1 aromatic rings. The summed E-state index contributed by atoms with van der Waals surface area (Å²) in [5, 5.41) is 2.81. The van der Waals surface area contributed by atoms with E-state index in [2.05, 4.69) is 5.32 Å². The molecule has 0 aliphatic carbocycles. The molecule has 0 saturated carbocycles. The molecule has 4 nitrogen and oxygen atoms in total. The predicted octanol–water partition coefficient (Wildman–Crippen LogP) is 1.27. The van der Waals surface area contributed by atoms with Crippen LogP contribution < -0.4 is 11.1 Å². The highest BCUT2D eigenvalue weighted by atomic mass is 16.3. The van der Waals surface area contributed by atoms with Gasteiger partial charge < -0.3 is 15.5 Å². The van der Waals surface area contributed by atoms with Crippen molar-refractivity contribution < 1.29 is 9.21 Å². The molecule has 1 rings (SSSR count). The molecule has 0 aliphatic rings. The zero-order valence-electron chi connectivity index (χ0n) is 9.25. The van der Waals surface area contributed by atoms with Crippen molar-refractivity contribution in [2.75, 3.05) is 6.54 Å². The maximum atomic E-state index is 11.8. The number of amides is 1. The lowest BCUT2D eigenvalue weighted by Crippen LogP contribution is -2.43. The molecule has 0 aliphatic heterocycles. The molecule has 1 heterocycles.